The second-order valence-corrected chi connectivity index (χ2v) is 7.29. The van der Waals surface area contributed by atoms with Gasteiger partial charge in [-0.25, -0.2) is 0 Å². The van der Waals surface area contributed by atoms with E-state index in [9.17, 15) is 4.79 Å². The molecule has 88 valence electrons. The maximum absolute atomic E-state index is 12.2. The summed E-state index contributed by atoms with van der Waals surface area (Å²) in [6, 6.07) is 0. The van der Waals surface area contributed by atoms with Crippen molar-refractivity contribution in [1.82, 2.24) is 0 Å². The van der Waals surface area contributed by atoms with Gasteiger partial charge in [-0.1, -0.05) is 33.3 Å². The van der Waals surface area contributed by atoms with E-state index in [1.165, 1.54) is 24.0 Å². The van der Waals surface area contributed by atoms with Gasteiger partial charge in [-0.15, -0.1) is 0 Å². The fourth-order valence-electron chi connectivity index (χ4n) is 4.19. The first kappa shape index (κ1) is 10.6. The molecular formula is C15H22O. The molecule has 0 unspecified atom stereocenters. The molecule has 0 heterocycles. The topological polar surface area (TPSA) is 17.1 Å². The molecule has 16 heavy (non-hydrogen) atoms. The number of rotatable bonds is 0. The Morgan fingerprint density at radius 2 is 1.88 bits per heavy atom. The quantitative estimate of drug-likeness (QED) is 0.605. The fraction of sp³-hybridized carbons (Fsp3) is 0.800. The zero-order chi connectivity index (χ0) is 11.7. The van der Waals surface area contributed by atoms with Gasteiger partial charge in [-0.2, -0.15) is 0 Å². The van der Waals surface area contributed by atoms with Gasteiger partial charge in [-0.3, -0.25) is 4.79 Å². The van der Waals surface area contributed by atoms with Crippen LogP contribution >= 0.6 is 0 Å². The molecule has 3 atom stereocenters. The van der Waals surface area contributed by atoms with Crippen molar-refractivity contribution >= 4 is 5.78 Å². The average Bonchev–Trinajstić information content (AvgIpc) is 2.64. The number of hydrogen-bond acceptors (Lipinski definition) is 1. The third-order valence-electron chi connectivity index (χ3n) is 5.14. The number of carbonyl (C=O) groups excluding carboxylic acids is 1. The molecule has 3 aliphatic carbocycles. The standard InChI is InChI=1S/C15H22O/c1-9-5-12(16)13-11(9)8-14(2,3)6-10-7-15(10,13)4/h9-10H,5-8H2,1-4H3/t9-,10-,15-/m1/s1. The Morgan fingerprint density at radius 3 is 2.56 bits per heavy atom. The summed E-state index contributed by atoms with van der Waals surface area (Å²) in [5, 5.41) is 0. The minimum absolute atomic E-state index is 0.269. The Bertz CT molecular complexity index is 402. The Morgan fingerprint density at radius 1 is 1.19 bits per heavy atom. The van der Waals surface area contributed by atoms with E-state index in [1.54, 1.807) is 0 Å². The van der Waals surface area contributed by atoms with Gasteiger partial charge in [0.25, 0.3) is 0 Å². The van der Waals surface area contributed by atoms with Gasteiger partial charge in [0, 0.05) is 12.0 Å². The maximum atomic E-state index is 12.2. The Labute approximate surface area is 98.3 Å². The number of ketones is 1. The molecule has 0 N–H and O–H groups in total. The first-order chi connectivity index (χ1) is 7.33. The lowest BCUT2D eigenvalue weighted by molar-refractivity contribution is -0.115. The van der Waals surface area contributed by atoms with Crippen LogP contribution in [-0.4, -0.2) is 5.78 Å². The number of allylic oxidation sites excluding steroid dienone is 2. The van der Waals surface area contributed by atoms with Gasteiger partial charge in [-0.05, 0) is 41.9 Å². The number of Topliss-reactive ketones (excluding diaryl/α,β-unsaturated/α-hetero) is 1. The van der Waals surface area contributed by atoms with E-state index in [2.05, 4.69) is 27.7 Å². The van der Waals surface area contributed by atoms with Crippen molar-refractivity contribution < 1.29 is 4.79 Å². The summed E-state index contributed by atoms with van der Waals surface area (Å²) in [7, 11) is 0. The van der Waals surface area contributed by atoms with Crippen LogP contribution in [0.2, 0.25) is 0 Å². The molecular weight excluding hydrogens is 196 g/mol. The van der Waals surface area contributed by atoms with Gasteiger partial charge in [0.1, 0.15) is 0 Å². The number of fused-ring (bicyclic) bond motifs is 2. The van der Waals surface area contributed by atoms with Crippen molar-refractivity contribution in [2.75, 3.05) is 0 Å². The zero-order valence-electron chi connectivity index (χ0n) is 10.9. The summed E-state index contributed by atoms with van der Waals surface area (Å²) >= 11 is 0. The second kappa shape index (κ2) is 2.80. The first-order valence-electron chi connectivity index (χ1n) is 6.60. The molecule has 0 aromatic rings. The van der Waals surface area contributed by atoms with Gasteiger partial charge in [0.2, 0.25) is 0 Å². The van der Waals surface area contributed by atoms with E-state index in [0.29, 0.717) is 17.1 Å². The predicted molar refractivity (Wildman–Crippen MR) is 65.0 cm³/mol. The van der Waals surface area contributed by atoms with Crippen molar-refractivity contribution in [1.29, 1.82) is 0 Å². The van der Waals surface area contributed by atoms with E-state index in [0.717, 1.165) is 18.8 Å². The fourth-order valence-corrected chi connectivity index (χ4v) is 4.19. The summed E-state index contributed by atoms with van der Waals surface area (Å²) in [6.45, 7) is 9.31. The van der Waals surface area contributed by atoms with Crippen LogP contribution < -0.4 is 0 Å². The molecule has 0 bridgehead atoms. The molecule has 0 spiro atoms. The minimum atomic E-state index is 0.269. The lowest BCUT2D eigenvalue weighted by atomic mass is 9.79. The van der Waals surface area contributed by atoms with Crippen molar-refractivity contribution in [2.45, 2.75) is 53.4 Å². The third kappa shape index (κ3) is 1.26. The second-order valence-electron chi connectivity index (χ2n) is 7.29. The highest BCUT2D eigenvalue weighted by atomic mass is 16.1. The summed E-state index contributed by atoms with van der Waals surface area (Å²) < 4.78 is 0. The molecule has 1 heteroatoms. The highest BCUT2D eigenvalue weighted by Crippen LogP contribution is 2.67. The van der Waals surface area contributed by atoms with E-state index in [1.807, 2.05) is 0 Å². The highest BCUT2D eigenvalue weighted by molar-refractivity contribution is 6.01. The van der Waals surface area contributed by atoms with Crippen molar-refractivity contribution in [3.8, 4) is 0 Å². The summed E-state index contributed by atoms with van der Waals surface area (Å²) in [5.74, 6) is 1.76. The first-order valence-corrected chi connectivity index (χ1v) is 6.60. The lowest BCUT2D eigenvalue weighted by Crippen LogP contribution is -2.14. The van der Waals surface area contributed by atoms with Crippen LogP contribution in [-0.2, 0) is 4.79 Å². The minimum Gasteiger partial charge on any atom is -0.295 e. The zero-order valence-corrected chi connectivity index (χ0v) is 10.9. The average molecular weight is 218 g/mol. The van der Waals surface area contributed by atoms with Crippen molar-refractivity contribution in [2.24, 2.45) is 22.7 Å². The normalized spacial score (nSPS) is 45.1. The maximum Gasteiger partial charge on any atom is 0.159 e. The van der Waals surface area contributed by atoms with Gasteiger partial charge >= 0.3 is 0 Å². The molecule has 3 aliphatic rings. The molecule has 0 amide bonds. The van der Waals surface area contributed by atoms with E-state index >= 15 is 0 Å². The molecule has 0 aromatic heterocycles. The van der Waals surface area contributed by atoms with Crippen molar-refractivity contribution in [3.63, 3.8) is 0 Å². The lowest BCUT2D eigenvalue weighted by Gasteiger charge is -2.25. The summed E-state index contributed by atoms with van der Waals surface area (Å²) in [6.07, 6.45) is 4.49. The molecule has 0 radical (unpaired) electrons. The number of hydrogen-bond donors (Lipinski definition) is 0. The molecule has 1 nitrogen and oxygen atoms in total. The molecule has 0 aliphatic heterocycles. The highest BCUT2D eigenvalue weighted by Gasteiger charge is 2.59. The van der Waals surface area contributed by atoms with E-state index < -0.39 is 0 Å². The van der Waals surface area contributed by atoms with E-state index in [4.69, 9.17) is 0 Å². The van der Waals surface area contributed by atoms with Gasteiger partial charge in [0.05, 0.1) is 0 Å². The monoisotopic (exact) mass is 218 g/mol. The summed E-state index contributed by atoms with van der Waals surface area (Å²) in [5.41, 5.74) is 3.44. The molecule has 1 fully saturated rings. The third-order valence-corrected chi connectivity index (χ3v) is 5.14. The Balaban J connectivity index is 2.10. The number of carbonyl (C=O) groups is 1. The largest absolute Gasteiger partial charge is 0.295 e. The summed E-state index contributed by atoms with van der Waals surface area (Å²) in [4.78, 5) is 12.2. The smallest absolute Gasteiger partial charge is 0.159 e. The van der Waals surface area contributed by atoms with Crippen LogP contribution in [0.4, 0.5) is 0 Å². The predicted octanol–water partition coefficient (Wildman–Crippen LogP) is 3.74. The van der Waals surface area contributed by atoms with Crippen molar-refractivity contribution in [3.05, 3.63) is 11.1 Å². The molecule has 1 saturated carbocycles. The van der Waals surface area contributed by atoms with Crippen LogP contribution in [0.25, 0.3) is 0 Å². The van der Waals surface area contributed by atoms with Crippen LogP contribution in [0.5, 0.6) is 0 Å². The van der Waals surface area contributed by atoms with Crippen LogP contribution in [0, 0.1) is 22.7 Å². The molecule has 0 aromatic carbocycles. The van der Waals surface area contributed by atoms with Crippen LogP contribution in [0.3, 0.4) is 0 Å². The van der Waals surface area contributed by atoms with Crippen LogP contribution in [0.15, 0.2) is 11.1 Å². The molecule has 3 rings (SSSR count). The van der Waals surface area contributed by atoms with E-state index in [-0.39, 0.29) is 5.41 Å². The van der Waals surface area contributed by atoms with Crippen LogP contribution in [0.1, 0.15) is 53.4 Å². The SMILES string of the molecule is C[C@@H]1CC(=O)C2=C1CC(C)(C)C[C@@H]1C[C@@]21C. The van der Waals surface area contributed by atoms with Gasteiger partial charge in [0.15, 0.2) is 5.78 Å². The van der Waals surface area contributed by atoms with Gasteiger partial charge < -0.3 is 0 Å². The Hall–Kier alpha value is -0.590. The Kier molecular flexibility index (Phi) is 1.85. The molecule has 0 saturated heterocycles.